The molecule has 0 saturated carbocycles. The van der Waals surface area contributed by atoms with Crippen molar-refractivity contribution in [1.29, 1.82) is 0 Å². The highest BCUT2D eigenvalue weighted by Gasteiger charge is 2.22. The molecular formula is C15H11BrClF3. The van der Waals surface area contributed by atoms with Gasteiger partial charge in [-0.05, 0) is 42.7 Å². The second-order valence-electron chi connectivity index (χ2n) is 4.59. The van der Waals surface area contributed by atoms with Gasteiger partial charge in [-0.3, -0.25) is 0 Å². The molecule has 106 valence electrons. The zero-order valence-corrected chi connectivity index (χ0v) is 13.1. The number of halogens is 5. The summed E-state index contributed by atoms with van der Waals surface area (Å²) in [5.41, 5.74) is 2.61. The summed E-state index contributed by atoms with van der Waals surface area (Å²) in [5, 5.41) is 0.444. The molecule has 0 bridgehead atoms. The Morgan fingerprint density at radius 1 is 0.950 bits per heavy atom. The Kier molecular flexibility index (Phi) is 4.45. The Morgan fingerprint density at radius 2 is 1.55 bits per heavy atom. The summed E-state index contributed by atoms with van der Waals surface area (Å²) >= 11 is 9.45. The van der Waals surface area contributed by atoms with E-state index in [1.165, 1.54) is 6.07 Å². The smallest absolute Gasteiger partial charge is 0.194 e. The van der Waals surface area contributed by atoms with Crippen LogP contribution >= 0.6 is 27.5 Å². The minimum Gasteiger partial charge on any atom is -0.204 e. The summed E-state index contributed by atoms with van der Waals surface area (Å²) in [7, 11) is 0. The molecule has 1 unspecified atom stereocenters. The first-order chi connectivity index (χ1) is 9.32. The van der Waals surface area contributed by atoms with Crippen molar-refractivity contribution in [2.24, 2.45) is 0 Å². The normalized spacial score (nSPS) is 12.6. The lowest BCUT2D eigenvalue weighted by Crippen LogP contribution is -2.02. The average Bonchev–Trinajstić information content (AvgIpc) is 2.40. The van der Waals surface area contributed by atoms with Crippen LogP contribution in [-0.4, -0.2) is 0 Å². The molecule has 0 radical (unpaired) electrons. The van der Waals surface area contributed by atoms with E-state index in [1.54, 1.807) is 12.1 Å². The molecule has 0 aromatic heterocycles. The highest BCUT2D eigenvalue weighted by Crippen LogP contribution is 2.38. The molecule has 0 nitrogen and oxygen atoms in total. The maximum absolute atomic E-state index is 13.8. The second kappa shape index (κ2) is 5.78. The van der Waals surface area contributed by atoms with E-state index in [9.17, 15) is 13.2 Å². The van der Waals surface area contributed by atoms with Crippen molar-refractivity contribution in [3.8, 4) is 0 Å². The fourth-order valence-corrected chi connectivity index (χ4v) is 3.09. The SMILES string of the molecule is Cc1cc(Cl)c(C(Br)c2ccc(F)c(F)c2F)cc1C. The third-order valence-corrected chi connectivity index (χ3v) is 4.54. The van der Waals surface area contributed by atoms with E-state index in [4.69, 9.17) is 11.6 Å². The van der Waals surface area contributed by atoms with Crippen LogP contribution in [-0.2, 0) is 0 Å². The zero-order chi connectivity index (χ0) is 15.0. The Morgan fingerprint density at radius 3 is 2.20 bits per heavy atom. The minimum absolute atomic E-state index is 0.00838. The lowest BCUT2D eigenvalue weighted by atomic mass is 9.99. The van der Waals surface area contributed by atoms with Gasteiger partial charge in [-0.15, -0.1) is 0 Å². The van der Waals surface area contributed by atoms with Crippen molar-refractivity contribution in [2.45, 2.75) is 18.7 Å². The molecule has 0 heterocycles. The highest BCUT2D eigenvalue weighted by molar-refractivity contribution is 9.09. The van der Waals surface area contributed by atoms with Crippen molar-refractivity contribution in [3.63, 3.8) is 0 Å². The van der Waals surface area contributed by atoms with Crippen molar-refractivity contribution < 1.29 is 13.2 Å². The van der Waals surface area contributed by atoms with Crippen molar-refractivity contribution in [1.82, 2.24) is 0 Å². The van der Waals surface area contributed by atoms with Crippen LogP contribution in [0.4, 0.5) is 13.2 Å². The maximum atomic E-state index is 13.8. The van der Waals surface area contributed by atoms with Gasteiger partial charge in [0, 0.05) is 10.6 Å². The lowest BCUT2D eigenvalue weighted by molar-refractivity contribution is 0.442. The first-order valence-electron chi connectivity index (χ1n) is 5.87. The summed E-state index contributed by atoms with van der Waals surface area (Å²) in [4.78, 5) is -0.649. The van der Waals surface area contributed by atoms with Gasteiger partial charge in [-0.2, -0.15) is 0 Å². The predicted octanol–water partition coefficient (Wildman–Crippen LogP) is 5.86. The van der Waals surface area contributed by atoms with E-state index in [1.807, 2.05) is 13.8 Å². The fourth-order valence-electron chi connectivity index (χ4n) is 1.90. The monoisotopic (exact) mass is 362 g/mol. The lowest BCUT2D eigenvalue weighted by Gasteiger charge is -2.16. The molecule has 20 heavy (non-hydrogen) atoms. The molecule has 0 fully saturated rings. The van der Waals surface area contributed by atoms with Gasteiger partial charge in [0.05, 0.1) is 4.83 Å². The molecule has 0 N–H and O–H groups in total. The van der Waals surface area contributed by atoms with E-state index in [2.05, 4.69) is 15.9 Å². The Balaban J connectivity index is 2.55. The molecule has 0 spiro atoms. The minimum atomic E-state index is -1.48. The topological polar surface area (TPSA) is 0 Å². The molecule has 0 aliphatic carbocycles. The van der Waals surface area contributed by atoms with Crippen LogP contribution in [0.2, 0.25) is 5.02 Å². The standard InChI is InChI=1S/C15H11BrClF3/c1-7-5-10(11(17)6-8(7)2)13(16)9-3-4-12(18)15(20)14(9)19/h3-6,13H,1-2H3. The average molecular weight is 364 g/mol. The second-order valence-corrected chi connectivity index (χ2v) is 5.91. The van der Waals surface area contributed by atoms with Crippen molar-refractivity contribution in [3.05, 3.63) is 69.0 Å². The highest BCUT2D eigenvalue weighted by atomic mass is 79.9. The van der Waals surface area contributed by atoms with Crippen molar-refractivity contribution in [2.75, 3.05) is 0 Å². The van der Waals surface area contributed by atoms with Crippen LogP contribution in [0.5, 0.6) is 0 Å². The molecular weight excluding hydrogens is 353 g/mol. The zero-order valence-electron chi connectivity index (χ0n) is 10.8. The van der Waals surface area contributed by atoms with Gasteiger partial charge in [-0.25, -0.2) is 13.2 Å². The van der Waals surface area contributed by atoms with Crippen LogP contribution in [0.1, 0.15) is 27.1 Å². The molecule has 0 aliphatic heterocycles. The molecule has 2 aromatic rings. The van der Waals surface area contributed by atoms with Crippen LogP contribution in [0, 0.1) is 31.3 Å². The van der Waals surface area contributed by atoms with Gasteiger partial charge in [0.2, 0.25) is 0 Å². The fraction of sp³-hybridized carbons (Fsp3) is 0.200. The Labute approximate surface area is 128 Å². The summed E-state index contributed by atoms with van der Waals surface area (Å²) in [6, 6.07) is 5.67. The van der Waals surface area contributed by atoms with Gasteiger partial charge in [-0.1, -0.05) is 39.7 Å². The number of rotatable bonds is 2. The number of hydrogen-bond acceptors (Lipinski definition) is 0. The van der Waals surface area contributed by atoms with Crippen LogP contribution in [0.3, 0.4) is 0 Å². The third kappa shape index (κ3) is 2.72. The first kappa shape index (κ1) is 15.4. The van der Waals surface area contributed by atoms with Gasteiger partial charge in [0.15, 0.2) is 17.5 Å². The number of alkyl halides is 1. The molecule has 2 aromatic carbocycles. The molecule has 5 heteroatoms. The van der Waals surface area contributed by atoms with E-state index in [0.717, 1.165) is 17.2 Å². The number of hydrogen-bond donors (Lipinski definition) is 0. The van der Waals surface area contributed by atoms with Gasteiger partial charge >= 0.3 is 0 Å². The van der Waals surface area contributed by atoms with E-state index < -0.39 is 22.3 Å². The number of benzene rings is 2. The van der Waals surface area contributed by atoms with Gasteiger partial charge in [0.1, 0.15) is 0 Å². The van der Waals surface area contributed by atoms with E-state index in [-0.39, 0.29) is 5.56 Å². The summed E-state index contributed by atoms with van der Waals surface area (Å²) in [5.74, 6) is -3.90. The molecule has 0 amide bonds. The van der Waals surface area contributed by atoms with E-state index in [0.29, 0.717) is 10.6 Å². The van der Waals surface area contributed by atoms with Crippen LogP contribution in [0.25, 0.3) is 0 Å². The molecule has 2 rings (SSSR count). The predicted molar refractivity (Wildman–Crippen MR) is 78.0 cm³/mol. The van der Waals surface area contributed by atoms with Crippen LogP contribution < -0.4 is 0 Å². The van der Waals surface area contributed by atoms with E-state index >= 15 is 0 Å². The van der Waals surface area contributed by atoms with Crippen molar-refractivity contribution >= 4 is 27.5 Å². The molecule has 1 atom stereocenters. The Bertz CT molecular complexity index is 669. The summed E-state index contributed by atoms with van der Waals surface area (Å²) in [6.45, 7) is 3.81. The van der Waals surface area contributed by atoms with Gasteiger partial charge < -0.3 is 0 Å². The summed E-state index contributed by atoms with van der Waals surface area (Å²) < 4.78 is 40.1. The molecule has 0 aliphatic rings. The quantitative estimate of drug-likeness (QED) is 0.463. The van der Waals surface area contributed by atoms with Gasteiger partial charge in [0.25, 0.3) is 0 Å². The Hall–Kier alpha value is -1.00. The number of aryl methyl sites for hydroxylation is 2. The third-order valence-electron chi connectivity index (χ3n) is 3.22. The summed E-state index contributed by atoms with van der Waals surface area (Å²) in [6.07, 6.45) is 0. The largest absolute Gasteiger partial charge is 0.204 e. The maximum Gasteiger partial charge on any atom is 0.194 e. The first-order valence-corrected chi connectivity index (χ1v) is 7.16. The van der Waals surface area contributed by atoms with Crippen LogP contribution in [0.15, 0.2) is 24.3 Å². The molecule has 0 saturated heterocycles.